The van der Waals surface area contributed by atoms with Gasteiger partial charge in [0.15, 0.2) is 0 Å². The summed E-state index contributed by atoms with van der Waals surface area (Å²) < 4.78 is 0. The Balaban J connectivity index is 2.21. The number of aliphatic hydroxyl groups excluding tert-OH is 1. The monoisotopic (exact) mass is 213 g/mol. The number of unbranched alkanes of at least 4 members (excludes halogenated alkanes) is 1. The van der Waals surface area contributed by atoms with Crippen LogP contribution in [0.25, 0.3) is 0 Å². The fraction of sp³-hybridized carbons (Fsp3) is 1.00. The second-order valence-corrected chi connectivity index (χ2v) is 4.88. The molecule has 1 rings (SSSR count). The van der Waals surface area contributed by atoms with Crippen molar-refractivity contribution in [1.29, 1.82) is 0 Å². The highest BCUT2D eigenvalue weighted by molar-refractivity contribution is 4.70. The molecule has 0 saturated heterocycles. The van der Waals surface area contributed by atoms with Crippen molar-refractivity contribution in [1.82, 2.24) is 4.90 Å². The molecule has 1 saturated carbocycles. The van der Waals surface area contributed by atoms with E-state index in [-0.39, 0.29) is 0 Å². The van der Waals surface area contributed by atoms with Crippen LogP contribution in [0.2, 0.25) is 0 Å². The number of aliphatic hydroxyl groups is 1. The molecular weight excluding hydrogens is 186 g/mol. The molecule has 0 radical (unpaired) electrons. The largest absolute Gasteiger partial charge is 0.395 e. The molecule has 1 fully saturated rings. The third-order valence-electron chi connectivity index (χ3n) is 3.49. The summed E-state index contributed by atoms with van der Waals surface area (Å²) >= 11 is 0. The number of nitrogens with zero attached hydrogens (tertiary/aromatic N) is 1. The molecule has 1 aliphatic rings. The van der Waals surface area contributed by atoms with Crippen LogP contribution in [0, 0.1) is 5.92 Å². The maximum absolute atomic E-state index is 9.02. The van der Waals surface area contributed by atoms with Crippen LogP contribution in [-0.2, 0) is 0 Å². The first-order valence-electron chi connectivity index (χ1n) is 6.70. The Morgan fingerprint density at radius 2 is 1.87 bits per heavy atom. The first kappa shape index (κ1) is 13.0. The zero-order valence-corrected chi connectivity index (χ0v) is 10.2. The van der Waals surface area contributed by atoms with Gasteiger partial charge in [0.25, 0.3) is 0 Å². The van der Waals surface area contributed by atoms with E-state index in [4.69, 9.17) is 5.11 Å². The molecule has 90 valence electrons. The highest BCUT2D eigenvalue weighted by Gasteiger charge is 2.16. The van der Waals surface area contributed by atoms with Gasteiger partial charge in [0, 0.05) is 13.1 Å². The first-order valence-corrected chi connectivity index (χ1v) is 6.70. The van der Waals surface area contributed by atoms with Crippen LogP contribution < -0.4 is 0 Å². The van der Waals surface area contributed by atoms with E-state index < -0.39 is 0 Å². The molecule has 2 heteroatoms. The van der Waals surface area contributed by atoms with Gasteiger partial charge in [-0.05, 0) is 31.7 Å². The van der Waals surface area contributed by atoms with Crippen LogP contribution in [0.3, 0.4) is 0 Å². The quantitative estimate of drug-likeness (QED) is 0.703. The summed E-state index contributed by atoms with van der Waals surface area (Å²) in [7, 11) is 0. The Morgan fingerprint density at radius 3 is 2.47 bits per heavy atom. The molecule has 0 unspecified atom stereocenters. The lowest BCUT2D eigenvalue weighted by Crippen LogP contribution is -2.33. The average molecular weight is 213 g/mol. The van der Waals surface area contributed by atoms with Crippen LogP contribution in [0.4, 0.5) is 0 Å². The van der Waals surface area contributed by atoms with E-state index in [1.807, 2.05) is 0 Å². The minimum atomic E-state index is 0.316. The van der Waals surface area contributed by atoms with Crippen molar-refractivity contribution in [3.63, 3.8) is 0 Å². The Bertz CT molecular complexity index is 143. The Hall–Kier alpha value is -0.0800. The lowest BCUT2D eigenvalue weighted by atomic mass is 9.89. The van der Waals surface area contributed by atoms with Crippen molar-refractivity contribution in [3.8, 4) is 0 Å². The molecule has 1 N–H and O–H groups in total. The highest BCUT2D eigenvalue weighted by Crippen LogP contribution is 2.24. The van der Waals surface area contributed by atoms with Crippen LogP contribution in [0.5, 0.6) is 0 Å². The summed E-state index contributed by atoms with van der Waals surface area (Å²) in [5.41, 5.74) is 0. The number of hydrogen-bond acceptors (Lipinski definition) is 2. The summed E-state index contributed by atoms with van der Waals surface area (Å²) in [4.78, 5) is 2.46. The second kappa shape index (κ2) is 8.12. The minimum Gasteiger partial charge on any atom is -0.395 e. The molecule has 0 aromatic carbocycles. The van der Waals surface area contributed by atoms with Crippen LogP contribution >= 0.6 is 0 Å². The van der Waals surface area contributed by atoms with Gasteiger partial charge in [0.2, 0.25) is 0 Å². The van der Waals surface area contributed by atoms with Crippen molar-refractivity contribution < 1.29 is 5.11 Å². The van der Waals surface area contributed by atoms with Crippen molar-refractivity contribution in [2.24, 2.45) is 5.92 Å². The summed E-state index contributed by atoms with van der Waals surface area (Å²) in [5, 5.41) is 9.02. The summed E-state index contributed by atoms with van der Waals surface area (Å²) in [6.07, 6.45) is 9.63. The summed E-state index contributed by atoms with van der Waals surface area (Å²) in [6, 6.07) is 0. The maximum Gasteiger partial charge on any atom is 0.0558 e. The van der Waals surface area contributed by atoms with Gasteiger partial charge < -0.3 is 10.0 Å². The van der Waals surface area contributed by atoms with E-state index in [1.165, 1.54) is 58.0 Å². The smallest absolute Gasteiger partial charge is 0.0558 e. The standard InChI is InChI=1S/C13H27NO/c1-2-3-9-14(10-11-15)12-13-7-5-4-6-8-13/h13,15H,2-12H2,1H3. The third kappa shape index (κ3) is 5.53. The number of rotatable bonds is 7. The highest BCUT2D eigenvalue weighted by atomic mass is 16.3. The lowest BCUT2D eigenvalue weighted by Gasteiger charge is -2.29. The van der Waals surface area contributed by atoms with Crippen molar-refractivity contribution >= 4 is 0 Å². The molecule has 0 aliphatic heterocycles. The predicted octanol–water partition coefficient (Wildman–Crippen LogP) is 2.66. The maximum atomic E-state index is 9.02. The van der Waals surface area contributed by atoms with Crippen molar-refractivity contribution in [3.05, 3.63) is 0 Å². The molecular formula is C13H27NO. The molecule has 0 aromatic heterocycles. The van der Waals surface area contributed by atoms with Gasteiger partial charge >= 0.3 is 0 Å². The van der Waals surface area contributed by atoms with E-state index >= 15 is 0 Å². The second-order valence-electron chi connectivity index (χ2n) is 4.88. The summed E-state index contributed by atoms with van der Waals surface area (Å²) in [6.45, 7) is 5.82. The van der Waals surface area contributed by atoms with E-state index in [1.54, 1.807) is 0 Å². The molecule has 0 spiro atoms. The first-order chi connectivity index (χ1) is 7.36. The van der Waals surface area contributed by atoms with Crippen molar-refractivity contribution in [2.45, 2.75) is 51.9 Å². The van der Waals surface area contributed by atoms with Gasteiger partial charge in [-0.15, -0.1) is 0 Å². The van der Waals surface area contributed by atoms with Gasteiger partial charge in [-0.3, -0.25) is 0 Å². The Morgan fingerprint density at radius 1 is 1.13 bits per heavy atom. The minimum absolute atomic E-state index is 0.316. The molecule has 15 heavy (non-hydrogen) atoms. The number of hydrogen-bond donors (Lipinski definition) is 1. The van der Waals surface area contributed by atoms with Crippen LogP contribution in [0.1, 0.15) is 51.9 Å². The third-order valence-corrected chi connectivity index (χ3v) is 3.49. The normalized spacial score (nSPS) is 18.6. The Kier molecular flexibility index (Phi) is 7.03. The fourth-order valence-corrected chi connectivity index (χ4v) is 2.55. The molecule has 0 heterocycles. The zero-order chi connectivity index (χ0) is 10.9. The van der Waals surface area contributed by atoms with Gasteiger partial charge in [-0.2, -0.15) is 0 Å². The van der Waals surface area contributed by atoms with E-state index in [0.29, 0.717) is 6.61 Å². The molecule has 0 atom stereocenters. The molecule has 1 aliphatic carbocycles. The zero-order valence-electron chi connectivity index (χ0n) is 10.2. The SMILES string of the molecule is CCCCN(CCO)CC1CCCCC1. The molecule has 0 bridgehead atoms. The predicted molar refractivity (Wildman–Crippen MR) is 65.0 cm³/mol. The topological polar surface area (TPSA) is 23.5 Å². The van der Waals surface area contributed by atoms with Gasteiger partial charge in [-0.25, -0.2) is 0 Å². The van der Waals surface area contributed by atoms with E-state index in [0.717, 1.165) is 12.5 Å². The van der Waals surface area contributed by atoms with E-state index in [9.17, 15) is 0 Å². The van der Waals surface area contributed by atoms with Gasteiger partial charge in [0.1, 0.15) is 0 Å². The molecule has 0 aromatic rings. The van der Waals surface area contributed by atoms with Crippen LogP contribution in [0.15, 0.2) is 0 Å². The van der Waals surface area contributed by atoms with Crippen molar-refractivity contribution in [2.75, 3.05) is 26.2 Å². The average Bonchev–Trinajstić information content (AvgIpc) is 2.28. The summed E-state index contributed by atoms with van der Waals surface area (Å²) in [5.74, 6) is 0.905. The van der Waals surface area contributed by atoms with E-state index in [2.05, 4.69) is 11.8 Å². The van der Waals surface area contributed by atoms with Gasteiger partial charge in [0.05, 0.1) is 6.61 Å². The van der Waals surface area contributed by atoms with Gasteiger partial charge in [-0.1, -0.05) is 32.6 Å². The molecule has 0 amide bonds. The Labute approximate surface area is 94.7 Å². The lowest BCUT2D eigenvalue weighted by molar-refractivity contribution is 0.159. The fourth-order valence-electron chi connectivity index (χ4n) is 2.55. The molecule has 2 nitrogen and oxygen atoms in total. The van der Waals surface area contributed by atoms with Crippen LogP contribution in [-0.4, -0.2) is 36.2 Å².